The molecule has 0 spiro atoms. The average molecular weight is 306 g/mol. The van der Waals surface area contributed by atoms with Crippen molar-refractivity contribution in [3.63, 3.8) is 0 Å². The number of benzene rings is 2. The van der Waals surface area contributed by atoms with E-state index < -0.39 is 12.0 Å². The van der Waals surface area contributed by atoms with Crippen molar-refractivity contribution in [3.8, 4) is 0 Å². The second-order valence-corrected chi connectivity index (χ2v) is 6.08. The molecule has 0 fully saturated rings. The molecule has 0 bridgehead atoms. The number of fused-ring (bicyclic) bond motifs is 3. The molecule has 0 amide bonds. The fourth-order valence-corrected chi connectivity index (χ4v) is 3.49. The number of hydrogen-bond acceptors (Lipinski definition) is 2. The number of rotatable bonds is 3. The Balaban J connectivity index is 1.71. The van der Waals surface area contributed by atoms with Gasteiger partial charge in [-0.2, -0.15) is 0 Å². The van der Waals surface area contributed by atoms with Crippen LogP contribution in [0.3, 0.4) is 0 Å². The summed E-state index contributed by atoms with van der Waals surface area (Å²) in [5.74, 6) is -0.753. The number of aromatic amines is 1. The van der Waals surface area contributed by atoms with Crippen LogP contribution in [0, 0.1) is 0 Å². The zero-order valence-corrected chi connectivity index (χ0v) is 12.7. The first-order chi connectivity index (χ1) is 11.2. The first kappa shape index (κ1) is 14.0. The number of carboxylic acids is 1. The molecular weight excluding hydrogens is 288 g/mol. The Labute approximate surface area is 134 Å². The number of carboxylic acid groups (broad SMARTS) is 1. The van der Waals surface area contributed by atoms with Gasteiger partial charge in [-0.3, -0.25) is 9.69 Å². The summed E-state index contributed by atoms with van der Waals surface area (Å²) < 4.78 is 0. The summed E-state index contributed by atoms with van der Waals surface area (Å²) in [5.41, 5.74) is 4.51. The third kappa shape index (κ3) is 2.51. The van der Waals surface area contributed by atoms with Crippen LogP contribution in [0.1, 0.15) is 16.8 Å². The van der Waals surface area contributed by atoms with Crippen molar-refractivity contribution in [1.82, 2.24) is 9.88 Å². The van der Waals surface area contributed by atoms with Gasteiger partial charge in [0.2, 0.25) is 0 Å². The van der Waals surface area contributed by atoms with E-state index in [-0.39, 0.29) is 0 Å². The van der Waals surface area contributed by atoms with Crippen LogP contribution < -0.4 is 0 Å². The number of para-hydroxylation sites is 1. The number of aromatic nitrogens is 1. The van der Waals surface area contributed by atoms with Crippen LogP contribution in [0.5, 0.6) is 0 Å². The molecule has 4 rings (SSSR count). The standard InChI is InChI=1S/C19H18N2O2/c22-19(23)18-10-15-14-8-4-5-9-16(14)20-17(15)12-21(18)11-13-6-2-1-3-7-13/h1-9,18,20H,10-12H2,(H,22,23)/t18-/m0/s1. The minimum atomic E-state index is -0.753. The van der Waals surface area contributed by atoms with Crippen molar-refractivity contribution in [2.24, 2.45) is 0 Å². The first-order valence-corrected chi connectivity index (χ1v) is 7.81. The summed E-state index contributed by atoms with van der Waals surface area (Å²) >= 11 is 0. The highest BCUT2D eigenvalue weighted by molar-refractivity contribution is 5.86. The highest BCUT2D eigenvalue weighted by Crippen LogP contribution is 2.31. The van der Waals surface area contributed by atoms with Crippen molar-refractivity contribution in [1.29, 1.82) is 0 Å². The first-order valence-electron chi connectivity index (χ1n) is 7.81. The summed E-state index contributed by atoms with van der Waals surface area (Å²) in [7, 11) is 0. The summed E-state index contributed by atoms with van der Waals surface area (Å²) in [6.07, 6.45) is 0.543. The number of aliphatic carboxylic acids is 1. The summed E-state index contributed by atoms with van der Waals surface area (Å²) in [6.45, 7) is 1.28. The largest absolute Gasteiger partial charge is 0.480 e. The third-order valence-corrected chi connectivity index (χ3v) is 4.62. The minimum Gasteiger partial charge on any atom is -0.480 e. The molecular formula is C19H18N2O2. The number of carbonyl (C=O) groups is 1. The van der Waals surface area contributed by atoms with Crippen molar-refractivity contribution in [3.05, 3.63) is 71.4 Å². The smallest absolute Gasteiger partial charge is 0.321 e. The van der Waals surface area contributed by atoms with Crippen LogP contribution in [0.4, 0.5) is 0 Å². The van der Waals surface area contributed by atoms with E-state index in [0.717, 1.165) is 27.7 Å². The molecule has 0 aliphatic carbocycles. The molecule has 0 unspecified atom stereocenters. The lowest BCUT2D eigenvalue weighted by Gasteiger charge is -2.33. The van der Waals surface area contributed by atoms with Crippen molar-refractivity contribution < 1.29 is 9.90 Å². The van der Waals surface area contributed by atoms with Gasteiger partial charge in [-0.25, -0.2) is 0 Å². The van der Waals surface area contributed by atoms with Crippen molar-refractivity contribution in [2.75, 3.05) is 0 Å². The third-order valence-electron chi connectivity index (χ3n) is 4.62. The van der Waals surface area contributed by atoms with Crippen LogP contribution in [-0.4, -0.2) is 27.0 Å². The lowest BCUT2D eigenvalue weighted by atomic mass is 9.96. The highest BCUT2D eigenvalue weighted by Gasteiger charge is 2.33. The minimum absolute atomic E-state index is 0.484. The number of nitrogens with zero attached hydrogens (tertiary/aromatic N) is 1. The monoisotopic (exact) mass is 306 g/mol. The zero-order chi connectivity index (χ0) is 15.8. The Morgan fingerprint density at radius 3 is 2.65 bits per heavy atom. The molecule has 0 saturated heterocycles. The molecule has 2 heterocycles. The number of hydrogen-bond donors (Lipinski definition) is 2. The predicted molar refractivity (Wildman–Crippen MR) is 89.1 cm³/mol. The van der Waals surface area contributed by atoms with Gasteiger partial charge in [-0.05, 0) is 17.2 Å². The molecule has 23 heavy (non-hydrogen) atoms. The van der Waals surface area contributed by atoms with Crippen molar-refractivity contribution in [2.45, 2.75) is 25.6 Å². The van der Waals surface area contributed by atoms with Gasteiger partial charge in [-0.15, -0.1) is 0 Å². The Hall–Kier alpha value is -2.59. The Morgan fingerprint density at radius 1 is 1.13 bits per heavy atom. The fraction of sp³-hybridized carbons (Fsp3) is 0.211. The molecule has 2 N–H and O–H groups in total. The van der Waals surface area contributed by atoms with Gasteiger partial charge in [0.1, 0.15) is 6.04 Å². The van der Waals surface area contributed by atoms with Crippen LogP contribution in [0.2, 0.25) is 0 Å². The van der Waals surface area contributed by atoms with Gasteiger partial charge in [0.15, 0.2) is 0 Å². The van der Waals surface area contributed by atoms with Crippen LogP contribution in [-0.2, 0) is 24.3 Å². The Bertz CT molecular complexity index is 854. The number of H-pyrrole nitrogens is 1. The zero-order valence-electron chi connectivity index (χ0n) is 12.7. The second-order valence-electron chi connectivity index (χ2n) is 6.08. The van der Waals surface area contributed by atoms with E-state index in [4.69, 9.17) is 0 Å². The molecule has 0 radical (unpaired) electrons. The van der Waals surface area contributed by atoms with E-state index in [9.17, 15) is 9.90 Å². The van der Waals surface area contributed by atoms with E-state index in [0.29, 0.717) is 19.5 Å². The van der Waals surface area contributed by atoms with E-state index in [1.54, 1.807) is 0 Å². The molecule has 1 aliphatic heterocycles. The van der Waals surface area contributed by atoms with Gasteiger partial charge in [0.25, 0.3) is 0 Å². The molecule has 4 heteroatoms. The topological polar surface area (TPSA) is 56.3 Å². The molecule has 0 saturated carbocycles. The average Bonchev–Trinajstić information content (AvgIpc) is 2.92. The molecule has 1 aromatic heterocycles. The van der Waals surface area contributed by atoms with Gasteiger partial charge >= 0.3 is 5.97 Å². The van der Waals surface area contributed by atoms with Gasteiger partial charge < -0.3 is 10.1 Å². The molecule has 116 valence electrons. The Kier molecular flexibility index (Phi) is 3.39. The van der Waals surface area contributed by atoms with Crippen LogP contribution in [0.25, 0.3) is 10.9 Å². The molecule has 4 nitrogen and oxygen atoms in total. The summed E-state index contributed by atoms with van der Waals surface area (Å²) in [6, 6.07) is 17.7. The summed E-state index contributed by atoms with van der Waals surface area (Å²) in [5, 5.41) is 10.8. The maximum atomic E-state index is 11.8. The maximum Gasteiger partial charge on any atom is 0.321 e. The fourth-order valence-electron chi connectivity index (χ4n) is 3.49. The van der Waals surface area contributed by atoms with E-state index in [1.807, 2.05) is 53.4 Å². The van der Waals surface area contributed by atoms with E-state index in [2.05, 4.69) is 11.1 Å². The SMILES string of the molecule is O=C(O)[C@@H]1Cc2c([nH]c3ccccc23)CN1Cc1ccccc1. The lowest BCUT2D eigenvalue weighted by Crippen LogP contribution is -2.44. The normalized spacial score (nSPS) is 18.0. The van der Waals surface area contributed by atoms with Gasteiger partial charge in [0, 0.05) is 36.1 Å². The predicted octanol–water partition coefficient (Wildman–Crippen LogP) is 3.18. The van der Waals surface area contributed by atoms with Gasteiger partial charge in [0.05, 0.1) is 0 Å². The molecule has 3 aromatic rings. The van der Waals surface area contributed by atoms with Crippen molar-refractivity contribution >= 4 is 16.9 Å². The maximum absolute atomic E-state index is 11.8. The van der Waals surface area contributed by atoms with E-state index in [1.165, 1.54) is 0 Å². The van der Waals surface area contributed by atoms with Gasteiger partial charge in [-0.1, -0.05) is 48.5 Å². The van der Waals surface area contributed by atoms with E-state index >= 15 is 0 Å². The Morgan fingerprint density at radius 2 is 1.87 bits per heavy atom. The highest BCUT2D eigenvalue weighted by atomic mass is 16.4. The molecule has 1 atom stereocenters. The lowest BCUT2D eigenvalue weighted by molar-refractivity contribution is -0.144. The molecule has 2 aromatic carbocycles. The van der Waals surface area contributed by atoms with Crippen LogP contribution >= 0.6 is 0 Å². The van der Waals surface area contributed by atoms with Crippen LogP contribution in [0.15, 0.2) is 54.6 Å². The number of nitrogens with one attached hydrogen (secondary N) is 1. The second kappa shape index (κ2) is 5.56. The quantitative estimate of drug-likeness (QED) is 0.781. The molecule has 1 aliphatic rings. The summed E-state index contributed by atoms with van der Waals surface area (Å²) in [4.78, 5) is 17.3.